The topological polar surface area (TPSA) is 51.0 Å². The predicted molar refractivity (Wildman–Crippen MR) is 80.0 cm³/mol. The second-order valence-corrected chi connectivity index (χ2v) is 5.83. The number of likely N-dealkylation sites (N-methyl/N-ethyl adjacent to an activating group) is 2. The summed E-state index contributed by atoms with van der Waals surface area (Å²) in [5.41, 5.74) is 13.1. The Balaban J connectivity index is 1.83. The molecule has 3 heterocycles. The van der Waals surface area contributed by atoms with E-state index < -0.39 is 0 Å². The molecule has 0 aromatic heterocycles. The van der Waals surface area contributed by atoms with Crippen molar-refractivity contribution in [2.45, 2.75) is 6.17 Å². The van der Waals surface area contributed by atoms with Crippen molar-refractivity contribution in [2.24, 2.45) is 5.73 Å². The quantitative estimate of drug-likeness (QED) is 0.711. The molecule has 0 radical (unpaired) electrons. The summed E-state index contributed by atoms with van der Waals surface area (Å²) < 4.78 is 0. The number of rotatable bonds is 2. The van der Waals surface area contributed by atoms with Crippen molar-refractivity contribution in [3.8, 4) is 0 Å². The zero-order valence-corrected chi connectivity index (χ0v) is 12.5. The summed E-state index contributed by atoms with van der Waals surface area (Å²) in [5.74, 6) is 0. The molecular formula is C14H24N6. The Kier molecular flexibility index (Phi) is 3.45. The Morgan fingerprint density at radius 3 is 2.60 bits per heavy atom. The SMILES string of the molecule is CN1CCN(C2NN3C=CC=C(N(C)C)C3=C2N)CC1. The van der Waals surface area contributed by atoms with Crippen LogP contribution in [-0.2, 0) is 0 Å². The van der Waals surface area contributed by atoms with Crippen LogP contribution < -0.4 is 11.2 Å². The first-order chi connectivity index (χ1) is 9.58. The number of hydrogen-bond acceptors (Lipinski definition) is 6. The van der Waals surface area contributed by atoms with E-state index in [1.807, 2.05) is 31.4 Å². The van der Waals surface area contributed by atoms with Crippen LogP contribution in [0.1, 0.15) is 0 Å². The fourth-order valence-electron chi connectivity index (χ4n) is 2.94. The van der Waals surface area contributed by atoms with Crippen LogP contribution in [0, 0.1) is 0 Å². The first-order valence-electron chi connectivity index (χ1n) is 7.12. The van der Waals surface area contributed by atoms with Gasteiger partial charge in [-0.05, 0) is 19.2 Å². The normalized spacial score (nSPS) is 27.9. The molecule has 3 N–H and O–H groups in total. The van der Waals surface area contributed by atoms with Gasteiger partial charge in [-0.1, -0.05) is 0 Å². The molecule has 6 nitrogen and oxygen atoms in total. The standard InChI is InChI=1S/C14H24N6/c1-17(2)11-5-4-6-20-13(11)12(15)14(16-20)19-9-7-18(3)8-10-19/h4-6,14,16H,7-10,15H2,1-3H3. The highest BCUT2D eigenvalue weighted by Gasteiger charge is 2.36. The van der Waals surface area contributed by atoms with Gasteiger partial charge in [0.2, 0.25) is 0 Å². The van der Waals surface area contributed by atoms with E-state index >= 15 is 0 Å². The van der Waals surface area contributed by atoms with Gasteiger partial charge in [0.05, 0.1) is 11.4 Å². The molecule has 0 saturated carbocycles. The van der Waals surface area contributed by atoms with Gasteiger partial charge in [-0.15, -0.1) is 0 Å². The average molecular weight is 276 g/mol. The molecule has 0 aliphatic carbocycles. The fourth-order valence-corrected chi connectivity index (χ4v) is 2.94. The zero-order chi connectivity index (χ0) is 14.3. The summed E-state index contributed by atoms with van der Waals surface area (Å²) in [4.78, 5) is 6.88. The van der Waals surface area contributed by atoms with Gasteiger partial charge < -0.3 is 15.5 Å². The van der Waals surface area contributed by atoms with E-state index in [4.69, 9.17) is 5.73 Å². The molecule has 0 bridgehead atoms. The van der Waals surface area contributed by atoms with Crippen LogP contribution in [-0.4, -0.2) is 73.2 Å². The van der Waals surface area contributed by atoms with Crippen LogP contribution in [0.4, 0.5) is 0 Å². The van der Waals surface area contributed by atoms with Crippen molar-refractivity contribution in [3.63, 3.8) is 0 Å². The van der Waals surface area contributed by atoms with Crippen molar-refractivity contribution in [3.05, 3.63) is 35.4 Å². The van der Waals surface area contributed by atoms with Gasteiger partial charge in [0.15, 0.2) is 0 Å². The maximum Gasteiger partial charge on any atom is 0.121 e. The van der Waals surface area contributed by atoms with E-state index in [0.29, 0.717) is 0 Å². The van der Waals surface area contributed by atoms with E-state index in [1.165, 1.54) is 0 Å². The Bertz CT molecular complexity index is 470. The molecule has 0 aromatic carbocycles. The first-order valence-corrected chi connectivity index (χ1v) is 7.12. The molecule has 3 rings (SSSR count). The highest BCUT2D eigenvalue weighted by atomic mass is 15.6. The average Bonchev–Trinajstić information content (AvgIpc) is 2.77. The van der Waals surface area contributed by atoms with Gasteiger partial charge in [-0.25, -0.2) is 5.43 Å². The molecule has 6 heteroatoms. The lowest BCUT2D eigenvalue weighted by Crippen LogP contribution is -2.55. The van der Waals surface area contributed by atoms with Crippen molar-refractivity contribution < 1.29 is 0 Å². The maximum atomic E-state index is 6.45. The van der Waals surface area contributed by atoms with Crippen LogP contribution in [0.2, 0.25) is 0 Å². The molecule has 1 saturated heterocycles. The lowest BCUT2D eigenvalue weighted by molar-refractivity contribution is 0.0945. The van der Waals surface area contributed by atoms with Crippen LogP contribution in [0.3, 0.4) is 0 Å². The van der Waals surface area contributed by atoms with Crippen molar-refractivity contribution in [1.82, 2.24) is 25.1 Å². The van der Waals surface area contributed by atoms with Crippen molar-refractivity contribution in [2.75, 3.05) is 47.3 Å². The smallest absolute Gasteiger partial charge is 0.121 e. The number of fused-ring (bicyclic) bond motifs is 1. The lowest BCUT2D eigenvalue weighted by Gasteiger charge is -2.36. The lowest BCUT2D eigenvalue weighted by atomic mass is 10.1. The van der Waals surface area contributed by atoms with E-state index in [1.54, 1.807) is 0 Å². The van der Waals surface area contributed by atoms with Crippen LogP contribution in [0.5, 0.6) is 0 Å². The van der Waals surface area contributed by atoms with Crippen LogP contribution in [0.25, 0.3) is 0 Å². The largest absolute Gasteiger partial charge is 0.398 e. The van der Waals surface area contributed by atoms with Gasteiger partial charge >= 0.3 is 0 Å². The van der Waals surface area contributed by atoms with E-state index in [2.05, 4.69) is 33.2 Å². The molecule has 1 fully saturated rings. The second-order valence-electron chi connectivity index (χ2n) is 5.83. The molecule has 1 atom stereocenters. The Hall–Kier alpha value is -1.50. The number of nitrogens with zero attached hydrogens (tertiary/aromatic N) is 4. The minimum atomic E-state index is 0.102. The number of nitrogens with two attached hydrogens (primary N) is 1. The van der Waals surface area contributed by atoms with E-state index in [9.17, 15) is 0 Å². The second kappa shape index (κ2) is 5.12. The number of allylic oxidation sites excluding steroid dienone is 2. The monoisotopic (exact) mass is 276 g/mol. The molecular weight excluding hydrogens is 252 g/mol. The minimum Gasteiger partial charge on any atom is -0.398 e. The summed E-state index contributed by atoms with van der Waals surface area (Å²) in [6.45, 7) is 4.27. The molecule has 3 aliphatic heterocycles. The van der Waals surface area contributed by atoms with Gasteiger partial charge in [0.1, 0.15) is 11.9 Å². The summed E-state index contributed by atoms with van der Waals surface area (Å²) in [6.07, 6.45) is 6.29. The Morgan fingerprint density at radius 1 is 1.25 bits per heavy atom. The van der Waals surface area contributed by atoms with Crippen LogP contribution in [0.15, 0.2) is 35.4 Å². The van der Waals surface area contributed by atoms with Gasteiger partial charge in [-0.3, -0.25) is 9.91 Å². The third-order valence-electron chi connectivity index (χ3n) is 4.19. The van der Waals surface area contributed by atoms with Gasteiger partial charge in [-0.2, -0.15) is 0 Å². The van der Waals surface area contributed by atoms with Gasteiger partial charge in [0, 0.05) is 46.5 Å². The molecule has 1 unspecified atom stereocenters. The molecule has 3 aliphatic rings. The Morgan fingerprint density at radius 2 is 1.95 bits per heavy atom. The minimum absolute atomic E-state index is 0.102. The molecule has 20 heavy (non-hydrogen) atoms. The Labute approximate surface area is 120 Å². The maximum absolute atomic E-state index is 6.45. The highest BCUT2D eigenvalue weighted by Crippen LogP contribution is 2.29. The van der Waals surface area contributed by atoms with E-state index in [-0.39, 0.29) is 6.17 Å². The number of hydrazine groups is 1. The van der Waals surface area contributed by atoms with Crippen molar-refractivity contribution >= 4 is 0 Å². The first kappa shape index (κ1) is 13.5. The predicted octanol–water partition coefficient (Wildman–Crippen LogP) is -0.477. The van der Waals surface area contributed by atoms with E-state index in [0.717, 1.165) is 43.3 Å². The third-order valence-corrected chi connectivity index (χ3v) is 4.19. The fraction of sp³-hybridized carbons (Fsp3) is 0.571. The highest BCUT2D eigenvalue weighted by molar-refractivity contribution is 5.42. The molecule has 0 amide bonds. The number of piperazine rings is 1. The molecule has 110 valence electrons. The summed E-state index contributed by atoms with van der Waals surface area (Å²) in [7, 11) is 6.26. The third kappa shape index (κ3) is 2.19. The number of hydrogen-bond donors (Lipinski definition) is 2. The number of nitrogens with one attached hydrogen (secondary N) is 1. The van der Waals surface area contributed by atoms with Gasteiger partial charge in [0.25, 0.3) is 0 Å². The summed E-state index contributed by atoms with van der Waals surface area (Å²) in [5, 5.41) is 2.05. The zero-order valence-electron chi connectivity index (χ0n) is 12.5. The van der Waals surface area contributed by atoms with Crippen molar-refractivity contribution in [1.29, 1.82) is 0 Å². The van der Waals surface area contributed by atoms with Crippen LogP contribution >= 0.6 is 0 Å². The molecule has 0 spiro atoms. The summed E-state index contributed by atoms with van der Waals surface area (Å²) >= 11 is 0. The molecule has 0 aromatic rings. The summed E-state index contributed by atoms with van der Waals surface area (Å²) in [6, 6.07) is 0.